The summed E-state index contributed by atoms with van der Waals surface area (Å²) in [5.74, 6) is 0.310. The van der Waals surface area contributed by atoms with Gasteiger partial charge < -0.3 is 24.1 Å². The summed E-state index contributed by atoms with van der Waals surface area (Å²) in [5, 5.41) is 4.04. The molecule has 2 atom stereocenters. The van der Waals surface area contributed by atoms with Crippen molar-refractivity contribution in [3.63, 3.8) is 0 Å². The molecule has 2 aliphatic rings. The molecular formula is C19H23ClN2O5. The highest BCUT2D eigenvalue weighted by Gasteiger charge is 2.38. The normalized spacial score (nSPS) is 21.8. The molecule has 3 heterocycles. The van der Waals surface area contributed by atoms with Crippen LogP contribution in [0.2, 0.25) is 0 Å². The molecule has 4 rings (SSSR count). The van der Waals surface area contributed by atoms with Crippen LogP contribution in [0.15, 0.2) is 33.5 Å². The van der Waals surface area contributed by atoms with Gasteiger partial charge in [-0.25, -0.2) is 4.79 Å². The molecule has 1 amide bonds. The molecule has 2 saturated heterocycles. The summed E-state index contributed by atoms with van der Waals surface area (Å²) in [6.45, 7) is 6.28. The Bertz CT molecular complexity index is 883. The fraction of sp³-hybridized carbons (Fsp3) is 0.474. The van der Waals surface area contributed by atoms with E-state index in [4.69, 9.17) is 13.9 Å². The fourth-order valence-electron chi connectivity index (χ4n) is 3.52. The third-order valence-electron chi connectivity index (χ3n) is 4.70. The summed E-state index contributed by atoms with van der Waals surface area (Å²) < 4.78 is 16.7. The van der Waals surface area contributed by atoms with Gasteiger partial charge >= 0.3 is 5.63 Å². The molecule has 2 aromatic rings. The van der Waals surface area contributed by atoms with Crippen LogP contribution in [0.1, 0.15) is 24.2 Å². The number of rotatable bonds is 3. The lowest BCUT2D eigenvalue weighted by molar-refractivity contribution is 0.0176. The van der Waals surface area contributed by atoms with Crippen LogP contribution >= 0.6 is 12.4 Å². The van der Waals surface area contributed by atoms with Crippen molar-refractivity contribution in [2.75, 3.05) is 26.2 Å². The van der Waals surface area contributed by atoms with Crippen molar-refractivity contribution >= 4 is 29.3 Å². The quantitative estimate of drug-likeness (QED) is 0.800. The Morgan fingerprint density at radius 3 is 2.85 bits per heavy atom. The Morgan fingerprint density at radius 1 is 1.30 bits per heavy atom. The molecule has 1 aromatic heterocycles. The van der Waals surface area contributed by atoms with Gasteiger partial charge in [-0.05, 0) is 32.0 Å². The average Bonchev–Trinajstić information content (AvgIpc) is 3.04. The topological polar surface area (TPSA) is 81.0 Å². The van der Waals surface area contributed by atoms with Crippen LogP contribution in [0.4, 0.5) is 0 Å². The van der Waals surface area contributed by atoms with E-state index in [0.29, 0.717) is 36.4 Å². The Kier molecular flexibility index (Phi) is 5.74. The maximum atomic E-state index is 12.8. The number of carbonyl (C=O) groups excluding carboxylic acids is 1. The largest absolute Gasteiger partial charge is 0.491 e. The number of benzene rings is 1. The summed E-state index contributed by atoms with van der Waals surface area (Å²) in [4.78, 5) is 26.9. The first kappa shape index (κ1) is 19.7. The highest BCUT2D eigenvalue weighted by atomic mass is 35.5. The molecular weight excluding hydrogens is 372 g/mol. The van der Waals surface area contributed by atoms with E-state index in [2.05, 4.69) is 5.32 Å². The van der Waals surface area contributed by atoms with Gasteiger partial charge in [0.05, 0.1) is 24.9 Å². The van der Waals surface area contributed by atoms with Gasteiger partial charge in [0.15, 0.2) is 0 Å². The zero-order valence-corrected chi connectivity index (χ0v) is 16.1. The van der Waals surface area contributed by atoms with Crippen LogP contribution in [0.25, 0.3) is 11.0 Å². The van der Waals surface area contributed by atoms with E-state index in [9.17, 15) is 9.59 Å². The summed E-state index contributed by atoms with van der Waals surface area (Å²) in [6, 6.07) is 6.99. The van der Waals surface area contributed by atoms with Gasteiger partial charge in [-0.3, -0.25) is 4.79 Å². The molecule has 27 heavy (non-hydrogen) atoms. The third kappa shape index (κ3) is 3.95. The van der Waals surface area contributed by atoms with Crippen molar-refractivity contribution in [3.05, 3.63) is 40.2 Å². The standard InChI is InChI=1S/C19H22N2O5.ClH/c1-11(2)25-13-4-3-12-7-14(19(23)26-16(12)8-13)18(22)21-9-15-17(10-21)24-6-5-20-15;/h3-4,7-8,11,15,17,20H,5-6,9-10H2,1-2H3;1H/t15-,17+;/m0./s1. The molecule has 1 aromatic carbocycles. The smallest absolute Gasteiger partial charge is 0.349 e. The number of hydrogen-bond donors (Lipinski definition) is 1. The first-order valence-corrected chi connectivity index (χ1v) is 8.90. The second kappa shape index (κ2) is 7.88. The maximum absolute atomic E-state index is 12.8. The van der Waals surface area contributed by atoms with Crippen LogP contribution in [0.5, 0.6) is 5.75 Å². The van der Waals surface area contributed by atoms with Gasteiger partial charge in [-0.1, -0.05) is 0 Å². The van der Waals surface area contributed by atoms with Crippen molar-refractivity contribution in [1.29, 1.82) is 0 Å². The van der Waals surface area contributed by atoms with Crippen molar-refractivity contribution in [2.24, 2.45) is 0 Å². The monoisotopic (exact) mass is 394 g/mol. The summed E-state index contributed by atoms with van der Waals surface area (Å²) in [6.07, 6.45) is 0.00508. The number of carbonyl (C=O) groups is 1. The van der Waals surface area contributed by atoms with Crippen molar-refractivity contribution in [2.45, 2.75) is 32.1 Å². The molecule has 7 nitrogen and oxygen atoms in total. The zero-order chi connectivity index (χ0) is 18.3. The summed E-state index contributed by atoms with van der Waals surface area (Å²) in [7, 11) is 0. The van der Waals surface area contributed by atoms with Crippen molar-refractivity contribution in [3.8, 4) is 5.75 Å². The average molecular weight is 395 g/mol. The molecule has 8 heteroatoms. The molecule has 2 aliphatic heterocycles. The number of halogens is 1. The lowest BCUT2D eigenvalue weighted by Gasteiger charge is -2.25. The number of ether oxygens (including phenoxy) is 2. The number of hydrogen-bond acceptors (Lipinski definition) is 6. The molecule has 146 valence electrons. The predicted molar refractivity (Wildman–Crippen MR) is 103 cm³/mol. The number of amides is 1. The molecule has 0 spiro atoms. The minimum atomic E-state index is -0.632. The lowest BCUT2D eigenvalue weighted by Crippen LogP contribution is -2.47. The molecule has 0 radical (unpaired) electrons. The Morgan fingerprint density at radius 2 is 2.11 bits per heavy atom. The number of morpholine rings is 1. The Labute approximate surface area is 163 Å². The van der Waals surface area contributed by atoms with Gasteiger partial charge in [0.25, 0.3) is 5.91 Å². The SMILES string of the molecule is CC(C)Oc1ccc2cc(C(=O)N3C[C@@H]4NCCO[C@@H]4C3)c(=O)oc2c1.Cl. The van der Waals surface area contributed by atoms with E-state index in [1.165, 1.54) is 0 Å². The minimum Gasteiger partial charge on any atom is -0.491 e. The zero-order valence-electron chi connectivity index (χ0n) is 15.3. The predicted octanol–water partition coefficient (Wildman–Crippen LogP) is 1.81. The molecule has 0 aliphatic carbocycles. The van der Waals surface area contributed by atoms with Crippen molar-refractivity contribution in [1.82, 2.24) is 10.2 Å². The van der Waals surface area contributed by atoms with Crippen LogP contribution in [0.3, 0.4) is 0 Å². The van der Waals surface area contributed by atoms with Gasteiger partial charge in [0, 0.05) is 31.1 Å². The molecule has 0 saturated carbocycles. The maximum Gasteiger partial charge on any atom is 0.349 e. The summed E-state index contributed by atoms with van der Waals surface area (Å²) >= 11 is 0. The van der Waals surface area contributed by atoms with E-state index in [1.54, 1.807) is 29.2 Å². The molecule has 2 fully saturated rings. The number of fused-ring (bicyclic) bond motifs is 2. The molecule has 0 unspecified atom stereocenters. The minimum absolute atomic E-state index is 0. The second-order valence-corrected chi connectivity index (χ2v) is 6.99. The van der Waals surface area contributed by atoms with E-state index in [1.807, 2.05) is 13.8 Å². The number of likely N-dealkylation sites (tertiary alicyclic amines) is 1. The van der Waals surface area contributed by atoms with E-state index in [-0.39, 0.29) is 42.1 Å². The lowest BCUT2D eigenvalue weighted by atomic mass is 10.1. The van der Waals surface area contributed by atoms with Gasteiger partial charge in [-0.15, -0.1) is 12.4 Å². The molecule has 0 bridgehead atoms. The van der Waals surface area contributed by atoms with E-state index >= 15 is 0 Å². The van der Waals surface area contributed by atoms with Crippen LogP contribution in [0, 0.1) is 0 Å². The first-order chi connectivity index (χ1) is 12.5. The fourth-order valence-corrected chi connectivity index (χ4v) is 3.52. The van der Waals surface area contributed by atoms with Gasteiger partial charge in [-0.2, -0.15) is 0 Å². The second-order valence-electron chi connectivity index (χ2n) is 6.99. The van der Waals surface area contributed by atoms with Crippen LogP contribution in [-0.2, 0) is 4.74 Å². The highest BCUT2D eigenvalue weighted by Crippen LogP contribution is 2.23. The number of nitrogens with one attached hydrogen (secondary N) is 1. The van der Waals surface area contributed by atoms with Gasteiger partial charge in [0.2, 0.25) is 0 Å². The summed E-state index contributed by atoms with van der Waals surface area (Å²) in [5.41, 5.74) is -0.175. The molecule has 1 N–H and O–H groups in total. The first-order valence-electron chi connectivity index (χ1n) is 8.90. The van der Waals surface area contributed by atoms with Crippen LogP contribution < -0.4 is 15.7 Å². The van der Waals surface area contributed by atoms with E-state index < -0.39 is 5.63 Å². The van der Waals surface area contributed by atoms with Gasteiger partial charge in [0.1, 0.15) is 16.9 Å². The van der Waals surface area contributed by atoms with Crippen molar-refractivity contribution < 1.29 is 18.7 Å². The number of nitrogens with zero attached hydrogens (tertiary/aromatic N) is 1. The van der Waals surface area contributed by atoms with Crippen LogP contribution in [-0.4, -0.2) is 55.3 Å². The third-order valence-corrected chi connectivity index (χ3v) is 4.70. The Balaban J connectivity index is 0.00000210. The van der Waals surface area contributed by atoms with E-state index in [0.717, 1.165) is 6.54 Å². The highest BCUT2D eigenvalue weighted by molar-refractivity contribution is 5.97. The Hall–Kier alpha value is -2.09.